The number of nitrogens with two attached hydrogens (primary N) is 1. The number of carbonyl (C=O) groups excluding carboxylic acids is 1. The van der Waals surface area contributed by atoms with Gasteiger partial charge in [0.05, 0.1) is 11.4 Å². The Hall–Kier alpha value is -3.12. The number of primary amides is 1. The van der Waals surface area contributed by atoms with E-state index in [0.717, 1.165) is 22.8 Å². The molecular weight excluding hydrogens is 346 g/mol. The van der Waals surface area contributed by atoms with E-state index in [0.29, 0.717) is 6.42 Å². The summed E-state index contributed by atoms with van der Waals surface area (Å²) in [6.45, 7) is 0.197. The van der Waals surface area contributed by atoms with Gasteiger partial charge in [0.2, 0.25) is 0 Å². The van der Waals surface area contributed by atoms with E-state index in [-0.39, 0.29) is 6.61 Å². The summed E-state index contributed by atoms with van der Waals surface area (Å²) in [5, 5.41) is 3.30. The number of rotatable bonds is 5. The average molecular weight is 363 g/mol. The van der Waals surface area contributed by atoms with E-state index in [1.54, 1.807) is 11.3 Å². The van der Waals surface area contributed by atoms with Crippen molar-refractivity contribution in [2.75, 3.05) is 6.61 Å². The minimum Gasteiger partial charge on any atom is -0.449 e. The number of ether oxygens (including phenoxy) is 1. The molecule has 0 atom stereocenters. The summed E-state index contributed by atoms with van der Waals surface area (Å²) >= 11 is 1.70. The fraction of sp³-hybridized carbons (Fsp3) is 0.100. The molecule has 0 saturated carbocycles. The summed E-state index contributed by atoms with van der Waals surface area (Å²) in [6.07, 6.45) is 1.75. The maximum atomic E-state index is 10.9. The second-order valence-electron chi connectivity index (χ2n) is 5.81. The van der Waals surface area contributed by atoms with Crippen LogP contribution in [0.25, 0.3) is 27.0 Å². The molecule has 6 heteroatoms. The molecule has 0 aliphatic carbocycles. The molecule has 0 fully saturated rings. The van der Waals surface area contributed by atoms with Gasteiger partial charge in [-0.15, -0.1) is 11.3 Å². The molecule has 2 aromatic heterocycles. The second-order valence-corrected chi connectivity index (χ2v) is 6.72. The normalized spacial score (nSPS) is 10.9. The molecule has 0 bridgehead atoms. The van der Waals surface area contributed by atoms with Gasteiger partial charge in [0.25, 0.3) is 0 Å². The van der Waals surface area contributed by atoms with E-state index in [9.17, 15) is 4.79 Å². The Morgan fingerprint density at radius 1 is 1.12 bits per heavy atom. The minimum atomic E-state index is -0.771. The third kappa shape index (κ3) is 3.19. The SMILES string of the molecule is NC(=O)OCCc1nc(-c2ccccc2)cn1-c1csc2ccccc12. The van der Waals surface area contributed by atoms with Gasteiger partial charge in [0, 0.05) is 33.6 Å². The van der Waals surface area contributed by atoms with Crippen LogP contribution < -0.4 is 5.73 Å². The van der Waals surface area contributed by atoms with Crippen molar-refractivity contribution >= 4 is 27.5 Å². The molecule has 0 saturated heterocycles. The molecule has 2 N–H and O–H groups in total. The van der Waals surface area contributed by atoms with Gasteiger partial charge in [-0.3, -0.25) is 0 Å². The molecule has 0 spiro atoms. The van der Waals surface area contributed by atoms with Crippen molar-refractivity contribution in [3.8, 4) is 16.9 Å². The maximum Gasteiger partial charge on any atom is 0.404 e. The van der Waals surface area contributed by atoms with Crippen molar-refractivity contribution in [3.05, 3.63) is 72.0 Å². The molecule has 0 radical (unpaired) electrons. The van der Waals surface area contributed by atoms with E-state index in [4.69, 9.17) is 15.5 Å². The van der Waals surface area contributed by atoms with E-state index >= 15 is 0 Å². The largest absolute Gasteiger partial charge is 0.449 e. The first-order chi connectivity index (χ1) is 12.7. The van der Waals surface area contributed by atoms with Crippen molar-refractivity contribution in [1.29, 1.82) is 0 Å². The lowest BCUT2D eigenvalue weighted by Gasteiger charge is -2.06. The minimum absolute atomic E-state index is 0.197. The van der Waals surface area contributed by atoms with Crippen molar-refractivity contribution < 1.29 is 9.53 Å². The average Bonchev–Trinajstić information content (AvgIpc) is 3.26. The molecule has 4 aromatic rings. The third-order valence-corrected chi connectivity index (χ3v) is 5.09. The molecule has 0 aliphatic rings. The summed E-state index contributed by atoms with van der Waals surface area (Å²) < 4.78 is 8.20. The van der Waals surface area contributed by atoms with Gasteiger partial charge in [-0.25, -0.2) is 9.78 Å². The Morgan fingerprint density at radius 3 is 2.69 bits per heavy atom. The number of nitrogens with zero attached hydrogens (tertiary/aromatic N) is 2. The monoisotopic (exact) mass is 363 g/mol. The molecule has 1 amide bonds. The lowest BCUT2D eigenvalue weighted by Crippen LogP contribution is -2.15. The highest BCUT2D eigenvalue weighted by molar-refractivity contribution is 7.17. The van der Waals surface area contributed by atoms with E-state index in [1.807, 2.05) is 48.7 Å². The number of amides is 1. The summed E-state index contributed by atoms with van der Waals surface area (Å²) in [6, 6.07) is 18.3. The Balaban J connectivity index is 1.78. The van der Waals surface area contributed by atoms with Gasteiger partial charge < -0.3 is 15.0 Å². The highest BCUT2D eigenvalue weighted by atomic mass is 32.1. The van der Waals surface area contributed by atoms with Crippen molar-refractivity contribution in [2.24, 2.45) is 5.73 Å². The van der Waals surface area contributed by atoms with Crippen molar-refractivity contribution in [2.45, 2.75) is 6.42 Å². The van der Waals surface area contributed by atoms with Gasteiger partial charge >= 0.3 is 6.09 Å². The first-order valence-corrected chi connectivity index (χ1v) is 9.13. The van der Waals surface area contributed by atoms with Gasteiger partial charge in [-0.2, -0.15) is 0 Å². The maximum absolute atomic E-state index is 10.9. The molecule has 0 unspecified atom stereocenters. The molecular formula is C20H17N3O2S. The topological polar surface area (TPSA) is 70.1 Å². The lowest BCUT2D eigenvalue weighted by molar-refractivity contribution is 0.157. The second kappa shape index (κ2) is 7.01. The molecule has 26 heavy (non-hydrogen) atoms. The first kappa shape index (κ1) is 16.4. The zero-order valence-electron chi connectivity index (χ0n) is 14.0. The number of imidazole rings is 1. The van der Waals surface area contributed by atoms with E-state index < -0.39 is 6.09 Å². The van der Waals surface area contributed by atoms with E-state index in [2.05, 4.69) is 22.1 Å². The van der Waals surface area contributed by atoms with Crippen LogP contribution >= 0.6 is 11.3 Å². The van der Waals surface area contributed by atoms with Crippen molar-refractivity contribution in [3.63, 3.8) is 0 Å². The smallest absolute Gasteiger partial charge is 0.404 e. The van der Waals surface area contributed by atoms with E-state index in [1.165, 1.54) is 10.1 Å². The predicted molar refractivity (Wildman–Crippen MR) is 104 cm³/mol. The molecule has 2 aromatic carbocycles. The quantitative estimate of drug-likeness (QED) is 0.571. The van der Waals surface area contributed by atoms with Crippen LogP contribution in [-0.2, 0) is 11.2 Å². The molecule has 0 aliphatic heterocycles. The lowest BCUT2D eigenvalue weighted by atomic mass is 10.2. The first-order valence-electron chi connectivity index (χ1n) is 8.25. The molecule has 5 nitrogen and oxygen atoms in total. The van der Waals surface area contributed by atoms with Crippen LogP contribution in [0.15, 0.2) is 66.2 Å². The van der Waals surface area contributed by atoms with Crippen molar-refractivity contribution in [1.82, 2.24) is 9.55 Å². The highest BCUT2D eigenvalue weighted by Crippen LogP contribution is 2.31. The number of fused-ring (bicyclic) bond motifs is 1. The Kier molecular flexibility index (Phi) is 4.41. The molecule has 130 valence electrons. The fourth-order valence-electron chi connectivity index (χ4n) is 2.94. The van der Waals surface area contributed by atoms with Gasteiger partial charge in [-0.1, -0.05) is 48.5 Å². The summed E-state index contributed by atoms with van der Waals surface area (Å²) in [5.41, 5.74) is 8.08. The van der Waals surface area contributed by atoms with Gasteiger partial charge in [0.1, 0.15) is 12.4 Å². The number of thiophene rings is 1. The van der Waals surface area contributed by atoms with Crippen LogP contribution in [0.2, 0.25) is 0 Å². The summed E-state index contributed by atoms with van der Waals surface area (Å²) in [4.78, 5) is 15.7. The van der Waals surface area contributed by atoms with Gasteiger partial charge in [-0.05, 0) is 6.07 Å². The fourth-order valence-corrected chi connectivity index (χ4v) is 3.88. The Labute approximate surface area is 154 Å². The number of hydrogen-bond donors (Lipinski definition) is 1. The predicted octanol–water partition coefficient (Wildman–Crippen LogP) is 4.39. The summed E-state index contributed by atoms with van der Waals surface area (Å²) in [7, 11) is 0. The highest BCUT2D eigenvalue weighted by Gasteiger charge is 2.14. The number of hydrogen-bond acceptors (Lipinski definition) is 4. The van der Waals surface area contributed by atoms with Crippen LogP contribution in [0.1, 0.15) is 5.82 Å². The Morgan fingerprint density at radius 2 is 1.88 bits per heavy atom. The van der Waals surface area contributed by atoms with Crippen LogP contribution in [0, 0.1) is 0 Å². The number of carbonyl (C=O) groups is 1. The van der Waals surface area contributed by atoms with Crippen LogP contribution in [-0.4, -0.2) is 22.3 Å². The van der Waals surface area contributed by atoms with Gasteiger partial charge in [0.15, 0.2) is 0 Å². The van der Waals surface area contributed by atoms with Crippen LogP contribution in [0.4, 0.5) is 4.79 Å². The molecule has 4 rings (SSSR count). The van der Waals surface area contributed by atoms with Crippen LogP contribution in [0.3, 0.4) is 0 Å². The standard InChI is InChI=1S/C20H17N3O2S/c21-20(24)25-11-10-19-22-16(14-6-2-1-3-7-14)12-23(19)17-13-26-18-9-5-4-8-15(17)18/h1-9,12-13H,10-11H2,(H2,21,24). The number of benzene rings is 2. The summed E-state index contributed by atoms with van der Waals surface area (Å²) in [5.74, 6) is 0.827. The third-order valence-electron chi connectivity index (χ3n) is 4.14. The zero-order valence-corrected chi connectivity index (χ0v) is 14.8. The Bertz CT molecular complexity index is 1050. The zero-order chi connectivity index (χ0) is 17.9. The van der Waals surface area contributed by atoms with Crippen LogP contribution in [0.5, 0.6) is 0 Å². The molecule has 2 heterocycles. The number of aromatic nitrogens is 2.